The Morgan fingerprint density at radius 1 is 1.21 bits per heavy atom. The Kier molecular flexibility index (Phi) is 5.76. The first-order chi connectivity index (χ1) is 14.0. The summed E-state index contributed by atoms with van der Waals surface area (Å²) in [5.41, 5.74) is 3.95. The Hall–Kier alpha value is -2.54. The molecule has 4 rings (SSSR count). The number of halogens is 1. The minimum atomic E-state index is -0.00176. The number of benzene rings is 2. The topological polar surface area (TPSA) is 67.5 Å². The van der Waals surface area contributed by atoms with E-state index in [1.165, 1.54) is 12.0 Å². The van der Waals surface area contributed by atoms with Crippen LogP contribution in [0, 0.1) is 6.92 Å². The second-order valence-electron chi connectivity index (χ2n) is 7.33. The first-order valence-electron chi connectivity index (χ1n) is 9.80. The van der Waals surface area contributed by atoms with Crippen LogP contribution in [-0.2, 0) is 4.79 Å². The van der Waals surface area contributed by atoms with Crippen LogP contribution in [0.4, 0.5) is 0 Å². The summed E-state index contributed by atoms with van der Waals surface area (Å²) in [4.78, 5) is 22.3. The Labute approximate surface area is 178 Å². The number of rotatable bonds is 5. The molecule has 2 aromatic carbocycles. The number of carbonyl (C=O) groups is 1. The van der Waals surface area contributed by atoms with Crippen molar-refractivity contribution in [2.45, 2.75) is 26.2 Å². The molecule has 2 heterocycles. The van der Waals surface area contributed by atoms with E-state index in [9.17, 15) is 4.79 Å². The number of hydrogen-bond donors (Lipinski definition) is 1. The molecule has 29 heavy (non-hydrogen) atoms. The van der Waals surface area contributed by atoms with E-state index >= 15 is 0 Å². The Bertz CT molecular complexity index is 1040. The molecule has 0 atom stereocenters. The Balaban J connectivity index is 1.57. The number of H-pyrrole nitrogens is 1. The molecular formula is C22H24BrN3O3. The lowest BCUT2D eigenvalue weighted by Gasteiger charge is -2.26. The lowest BCUT2D eigenvalue weighted by molar-refractivity contribution is -0.134. The van der Waals surface area contributed by atoms with Crippen LogP contribution in [-0.4, -0.2) is 47.6 Å². The van der Waals surface area contributed by atoms with Crippen molar-refractivity contribution >= 4 is 32.9 Å². The zero-order chi connectivity index (χ0) is 20.4. The van der Waals surface area contributed by atoms with Gasteiger partial charge in [0.1, 0.15) is 5.82 Å². The van der Waals surface area contributed by atoms with Crippen molar-refractivity contribution in [2.24, 2.45) is 0 Å². The van der Waals surface area contributed by atoms with Crippen LogP contribution < -0.4 is 9.47 Å². The molecule has 1 aliphatic rings. The van der Waals surface area contributed by atoms with Crippen LogP contribution >= 0.6 is 15.9 Å². The molecule has 1 aromatic heterocycles. The minimum absolute atomic E-state index is 0.00176. The first-order valence-corrected chi connectivity index (χ1v) is 10.6. The monoisotopic (exact) mass is 457 g/mol. The van der Waals surface area contributed by atoms with E-state index in [0.29, 0.717) is 11.5 Å². The molecular weight excluding hydrogens is 434 g/mol. The molecule has 152 valence electrons. The van der Waals surface area contributed by atoms with E-state index in [-0.39, 0.29) is 12.5 Å². The van der Waals surface area contributed by atoms with Crippen molar-refractivity contribution in [1.82, 2.24) is 14.9 Å². The average molecular weight is 458 g/mol. The van der Waals surface area contributed by atoms with Crippen LogP contribution in [0.3, 0.4) is 0 Å². The minimum Gasteiger partial charge on any atom is -0.493 e. The van der Waals surface area contributed by atoms with Gasteiger partial charge in [-0.25, -0.2) is 4.98 Å². The number of aromatic nitrogens is 2. The fourth-order valence-corrected chi connectivity index (χ4v) is 4.18. The van der Waals surface area contributed by atoms with Gasteiger partial charge in [-0.3, -0.25) is 4.79 Å². The standard InChI is InChI=1S/C22H24BrN3O3/c1-14-6-7-17-18(10-14)25-22(24-17)15-11-16(23)21(19(12-15)28-2)29-13-20(27)26-8-4-3-5-9-26/h6-7,10-12H,3-5,8-9,13H2,1-2H3,(H,24,25). The highest BCUT2D eigenvalue weighted by molar-refractivity contribution is 9.10. The Morgan fingerprint density at radius 2 is 2.00 bits per heavy atom. The molecule has 0 aliphatic carbocycles. The molecule has 6 nitrogen and oxygen atoms in total. The van der Waals surface area contributed by atoms with Crippen molar-refractivity contribution in [1.29, 1.82) is 0 Å². The van der Waals surface area contributed by atoms with Gasteiger partial charge in [-0.05, 0) is 71.9 Å². The Morgan fingerprint density at radius 3 is 2.76 bits per heavy atom. The third kappa shape index (κ3) is 4.24. The summed E-state index contributed by atoms with van der Waals surface area (Å²) in [6.45, 7) is 3.67. The number of imidazole rings is 1. The number of piperidine rings is 1. The van der Waals surface area contributed by atoms with E-state index in [4.69, 9.17) is 9.47 Å². The van der Waals surface area contributed by atoms with Crippen LogP contribution in [0.15, 0.2) is 34.8 Å². The van der Waals surface area contributed by atoms with Crippen molar-refractivity contribution in [3.8, 4) is 22.9 Å². The van der Waals surface area contributed by atoms with Gasteiger partial charge < -0.3 is 19.4 Å². The third-order valence-electron chi connectivity index (χ3n) is 5.19. The van der Waals surface area contributed by atoms with Crippen molar-refractivity contribution < 1.29 is 14.3 Å². The summed E-state index contributed by atoms with van der Waals surface area (Å²) in [7, 11) is 1.59. The summed E-state index contributed by atoms with van der Waals surface area (Å²) < 4.78 is 12.1. The lowest BCUT2D eigenvalue weighted by atomic mass is 10.1. The number of aryl methyl sites for hydroxylation is 1. The van der Waals surface area contributed by atoms with Crippen molar-refractivity contribution in [3.63, 3.8) is 0 Å². The highest BCUT2D eigenvalue weighted by Crippen LogP contribution is 2.39. The maximum Gasteiger partial charge on any atom is 0.260 e. The fraction of sp³-hybridized carbons (Fsp3) is 0.364. The number of ether oxygens (including phenoxy) is 2. The highest BCUT2D eigenvalue weighted by atomic mass is 79.9. The molecule has 1 fully saturated rings. The van der Waals surface area contributed by atoms with E-state index in [1.54, 1.807) is 7.11 Å². The molecule has 0 unspecified atom stereocenters. The van der Waals surface area contributed by atoms with E-state index in [1.807, 2.05) is 29.2 Å². The molecule has 0 spiro atoms. The third-order valence-corrected chi connectivity index (χ3v) is 5.78. The molecule has 0 radical (unpaired) electrons. The highest BCUT2D eigenvalue weighted by Gasteiger charge is 2.20. The van der Waals surface area contributed by atoms with Crippen molar-refractivity contribution in [2.75, 3.05) is 26.8 Å². The number of nitrogens with one attached hydrogen (secondary N) is 1. The van der Waals surface area contributed by atoms with E-state index in [0.717, 1.165) is 52.8 Å². The van der Waals surface area contributed by atoms with Crippen LogP contribution in [0.1, 0.15) is 24.8 Å². The van der Waals surface area contributed by atoms with Crippen LogP contribution in [0.5, 0.6) is 11.5 Å². The largest absolute Gasteiger partial charge is 0.493 e. The second-order valence-corrected chi connectivity index (χ2v) is 8.18. The quantitative estimate of drug-likeness (QED) is 0.602. The van der Waals surface area contributed by atoms with E-state index in [2.05, 4.69) is 38.9 Å². The number of likely N-dealkylation sites (tertiary alicyclic amines) is 1. The number of fused-ring (bicyclic) bond motifs is 1. The number of amides is 1. The number of aromatic amines is 1. The maximum atomic E-state index is 12.4. The van der Waals surface area contributed by atoms with Gasteiger partial charge in [0.15, 0.2) is 18.1 Å². The molecule has 1 aliphatic heterocycles. The molecule has 1 saturated heterocycles. The van der Waals surface area contributed by atoms with Gasteiger partial charge in [-0.2, -0.15) is 0 Å². The predicted octanol–water partition coefficient (Wildman–Crippen LogP) is 4.70. The van der Waals surface area contributed by atoms with E-state index < -0.39 is 0 Å². The van der Waals surface area contributed by atoms with Gasteiger partial charge >= 0.3 is 0 Å². The molecule has 1 amide bonds. The SMILES string of the molecule is COc1cc(-c2nc3ccc(C)cc3[nH]2)cc(Br)c1OCC(=O)N1CCCCC1. The number of carbonyl (C=O) groups excluding carboxylic acids is 1. The summed E-state index contributed by atoms with van der Waals surface area (Å²) >= 11 is 3.57. The summed E-state index contributed by atoms with van der Waals surface area (Å²) in [6, 6.07) is 9.91. The van der Waals surface area contributed by atoms with Gasteiger partial charge in [-0.1, -0.05) is 6.07 Å². The predicted molar refractivity (Wildman–Crippen MR) is 116 cm³/mol. The lowest BCUT2D eigenvalue weighted by Crippen LogP contribution is -2.38. The second kappa shape index (κ2) is 8.45. The molecule has 0 bridgehead atoms. The smallest absolute Gasteiger partial charge is 0.260 e. The van der Waals surface area contributed by atoms with Gasteiger partial charge in [0.25, 0.3) is 5.91 Å². The molecule has 1 N–H and O–H groups in total. The fourth-order valence-electron chi connectivity index (χ4n) is 3.63. The molecule has 0 saturated carbocycles. The van der Waals surface area contributed by atoms with Gasteiger partial charge in [0, 0.05) is 18.7 Å². The maximum absolute atomic E-state index is 12.4. The summed E-state index contributed by atoms with van der Waals surface area (Å²) in [5.74, 6) is 1.84. The normalized spacial score (nSPS) is 14.2. The van der Waals surface area contributed by atoms with Gasteiger partial charge in [0.05, 0.1) is 22.6 Å². The number of nitrogens with zero attached hydrogens (tertiary/aromatic N) is 2. The van der Waals surface area contributed by atoms with Crippen LogP contribution in [0.25, 0.3) is 22.4 Å². The molecule has 7 heteroatoms. The first kappa shape index (κ1) is 19.8. The summed E-state index contributed by atoms with van der Waals surface area (Å²) in [6.07, 6.45) is 3.31. The summed E-state index contributed by atoms with van der Waals surface area (Å²) in [5, 5.41) is 0. The average Bonchev–Trinajstić information content (AvgIpc) is 3.16. The van der Waals surface area contributed by atoms with Gasteiger partial charge in [0.2, 0.25) is 0 Å². The number of methoxy groups -OCH3 is 1. The van der Waals surface area contributed by atoms with Crippen LogP contribution in [0.2, 0.25) is 0 Å². The number of hydrogen-bond acceptors (Lipinski definition) is 4. The zero-order valence-electron chi connectivity index (χ0n) is 16.6. The molecule has 3 aromatic rings. The van der Waals surface area contributed by atoms with Gasteiger partial charge in [-0.15, -0.1) is 0 Å². The zero-order valence-corrected chi connectivity index (χ0v) is 18.2. The van der Waals surface area contributed by atoms with Crippen molar-refractivity contribution in [3.05, 3.63) is 40.4 Å².